The molecular formula is C22H25N5S. The van der Waals surface area contributed by atoms with E-state index in [4.69, 9.17) is 4.98 Å². The molecule has 4 heterocycles. The van der Waals surface area contributed by atoms with Crippen LogP contribution in [0.2, 0.25) is 0 Å². The Hall–Kier alpha value is -2.44. The van der Waals surface area contributed by atoms with Gasteiger partial charge in [-0.05, 0) is 50.2 Å². The molecule has 144 valence electrons. The van der Waals surface area contributed by atoms with Crippen LogP contribution in [0.5, 0.6) is 0 Å². The zero-order valence-electron chi connectivity index (χ0n) is 16.3. The van der Waals surface area contributed by atoms with Crippen LogP contribution in [0.25, 0.3) is 20.8 Å². The first-order valence-corrected chi connectivity index (χ1v) is 10.7. The number of anilines is 2. The van der Waals surface area contributed by atoms with E-state index in [1.807, 2.05) is 6.20 Å². The molecule has 0 bridgehead atoms. The number of nitrogens with zero attached hydrogens (tertiary/aromatic N) is 5. The summed E-state index contributed by atoms with van der Waals surface area (Å²) in [5, 5.41) is 1.03. The molecule has 5 nitrogen and oxygen atoms in total. The molecule has 28 heavy (non-hydrogen) atoms. The van der Waals surface area contributed by atoms with Crippen molar-refractivity contribution in [2.75, 3.05) is 49.6 Å². The van der Waals surface area contributed by atoms with Gasteiger partial charge in [-0.25, -0.2) is 9.97 Å². The lowest BCUT2D eigenvalue weighted by atomic mass is 10.2. The van der Waals surface area contributed by atoms with Gasteiger partial charge in [0.25, 0.3) is 0 Å². The summed E-state index contributed by atoms with van der Waals surface area (Å²) >= 11 is 1.74. The predicted molar refractivity (Wildman–Crippen MR) is 118 cm³/mol. The second kappa shape index (κ2) is 7.18. The fraction of sp³-hybridized carbons (Fsp3) is 0.364. The van der Waals surface area contributed by atoms with E-state index < -0.39 is 0 Å². The number of fused-ring (bicyclic) bond motifs is 1. The Morgan fingerprint density at radius 3 is 2.64 bits per heavy atom. The van der Waals surface area contributed by atoms with E-state index in [1.165, 1.54) is 23.2 Å². The molecule has 2 aliphatic rings. The lowest BCUT2D eigenvalue weighted by Gasteiger charge is -2.35. The van der Waals surface area contributed by atoms with Gasteiger partial charge >= 0.3 is 0 Å². The maximum atomic E-state index is 4.84. The second-order valence-electron chi connectivity index (χ2n) is 7.73. The van der Waals surface area contributed by atoms with Crippen molar-refractivity contribution in [3.63, 3.8) is 0 Å². The summed E-state index contributed by atoms with van der Waals surface area (Å²) < 4.78 is 1.21. The standard InChI is InChI=1S/C22H25N5S/c1-16-15-25(2)11-12-27(16)18-6-7-19-20(13-18)28-22(24-19)17-5-8-21(23-14-17)26-9-3-4-10-26/h5-8,13-14H,1,3-4,9-12,15H2,2H3. The SMILES string of the molecule is C=C1CN(C)CCN1c1ccc2nc(-c3ccc(N4CCCC4)nc3)sc2c1. The van der Waals surface area contributed by atoms with Gasteiger partial charge in [-0.3, -0.25) is 4.90 Å². The molecule has 2 aromatic heterocycles. The van der Waals surface area contributed by atoms with Gasteiger partial charge in [-0.15, -0.1) is 11.3 Å². The fourth-order valence-electron chi connectivity index (χ4n) is 4.07. The smallest absolute Gasteiger partial charge is 0.128 e. The largest absolute Gasteiger partial charge is 0.357 e. The minimum atomic E-state index is 0.918. The van der Waals surface area contributed by atoms with E-state index in [-0.39, 0.29) is 0 Å². The van der Waals surface area contributed by atoms with Gasteiger partial charge in [0.05, 0.1) is 10.2 Å². The minimum Gasteiger partial charge on any atom is -0.357 e. The summed E-state index contributed by atoms with van der Waals surface area (Å²) in [6.45, 7) is 9.45. The number of hydrogen-bond acceptors (Lipinski definition) is 6. The normalized spacial score (nSPS) is 18.4. The quantitative estimate of drug-likeness (QED) is 0.668. The maximum Gasteiger partial charge on any atom is 0.128 e. The van der Waals surface area contributed by atoms with Crippen LogP contribution in [0.1, 0.15) is 12.8 Å². The summed E-state index contributed by atoms with van der Waals surface area (Å²) in [5.41, 5.74) is 4.50. The molecule has 2 saturated heterocycles. The van der Waals surface area contributed by atoms with E-state index in [1.54, 1.807) is 11.3 Å². The Morgan fingerprint density at radius 2 is 1.89 bits per heavy atom. The Morgan fingerprint density at radius 1 is 1.04 bits per heavy atom. The van der Waals surface area contributed by atoms with Crippen molar-refractivity contribution >= 4 is 33.1 Å². The van der Waals surface area contributed by atoms with Crippen molar-refractivity contribution in [2.45, 2.75) is 12.8 Å². The molecule has 2 fully saturated rings. The highest BCUT2D eigenvalue weighted by Gasteiger charge is 2.19. The molecule has 0 amide bonds. The van der Waals surface area contributed by atoms with E-state index in [0.29, 0.717) is 0 Å². The predicted octanol–water partition coefficient (Wildman–Crippen LogP) is 4.22. The Labute approximate surface area is 169 Å². The van der Waals surface area contributed by atoms with Crippen LogP contribution in [-0.2, 0) is 0 Å². The number of benzene rings is 1. The summed E-state index contributed by atoms with van der Waals surface area (Å²) in [6, 6.07) is 10.8. The van der Waals surface area contributed by atoms with Crippen molar-refractivity contribution in [2.24, 2.45) is 0 Å². The first kappa shape index (κ1) is 17.6. The summed E-state index contributed by atoms with van der Waals surface area (Å²) in [4.78, 5) is 16.5. The van der Waals surface area contributed by atoms with Crippen LogP contribution in [0.3, 0.4) is 0 Å². The van der Waals surface area contributed by atoms with Gasteiger partial charge in [-0.2, -0.15) is 0 Å². The monoisotopic (exact) mass is 391 g/mol. The molecule has 0 saturated carbocycles. The van der Waals surface area contributed by atoms with Crippen LogP contribution < -0.4 is 9.80 Å². The van der Waals surface area contributed by atoms with Crippen molar-refractivity contribution in [3.8, 4) is 10.6 Å². The van der Waals surface area contributed by atoms with Gasteiger partial charge in [0.1, 0.15) is 10.8 Å². The van der Waals surface area contributed by atoms with Crippen molar-refractivity contribution in [1.29, 1.82) is 0 Å². The Balaban J connectivity index is 1.41. The Bertz CT molecular complexity index is 1000. The third-order valence-corrected chi connectivity index (χ3v) is 6.72. The fourth-order valence-corrected chi connectivity index (χ4v) is 5.06. The van der Waals surface area contributed by atoms with E-state index >= 15 is 0 Å². The zero-order chi connectivity index (χ0) is 19.1. The Kier molecular flexibility index (Phi) is 4.53. The molecule has 6 heteroatoms. The number of pyridine rings is 1. The highest BCUT2D eigenvalue weighted by molar-refractivity contribution is 7.21. The molecule has 1 aromatic carbocycles. The first-order chi connectivity index (χ1) is 13.7. The average Bonchev–Trinajstić information content (AvgIpc) is 3.37. The van der Waals surface area contributed by atoms with Crippen molar-refractivity contribution in [1.82, 2.24) is 14.9 Å². The molecular weight excluding hydrogens is 366 g/mol. The topological polar surface area (TPSA) is 35.5 Å². The van der Waals surface area contributed by atoms with Crippen molar-refractivity contribution in [3.05, 3.63) is 48.8 Å². The van der Waals surface area contributed by atoms with Crippen LogP contribution >= 0.6 is 11.3 Å². The number of piperazine rings is 1. The van der Waals surface area contributed by atoms with Gasteiger partial charge in [0.2, 0.25) is 0 Å². The van der Waals surface area contributed by atoms with E-state index in [9.17, 15) is 0 Å². The molecule has 0 N–H and O–H groups in total. The van der Waals surface area contributed by atoms with Crippen molar-refractivity contribution < 1.29 is 0 Å². The van der Waals surface area contributed by atoms with Gasteiger partial charge in [0, 0.05) is 55.9 Å². The van der Waals surface area contributed by atoms with Gasteiger partial charge < -0.3 is 9.80 Å². The number of aromatic nitrogens is 2. The summed E-state index contributed by atoms with van der Waals surface area (Å²) in [5.74, 6) is 1.08. The third kappa shape index (κ3) is 3.27. The molecule has 0 atom stereocenters. The molecule has 0 radical (unpaired) electrons. The molecule has 0 aliphatic carbocycles. The van der Waals surface area contributed by atoms with E-state index in [2.05, 4.69) is 63.6 Å². The molecule has 5 rings (SSSR count). The van der Waals surface area contributed by atoms with Gasteiger partial charge in [-0.1, -0.05) is 6.58 Å². The van der Waals surface area contributed by atoms with E-state index in [0.717, 1.165) is 60.3 Å². The van der Waals surface area contributed by atoms with Gasteiger partial charge in [0.15, 0.2) is 0 Å². The number of likely N-dealkylation sites (N-methyl/N-ethyl adjacent to an activating group) is 1. The first-order valence-electron chi connectivity index (χ1n) is 9.93. The summed E-state index contributed by atoms with van der Waals surface area (Å²) in [6.07, 6.45) is 4.50. The highest BCUT2D eigenvalue weighted by Crippen LogP contribution is 2.34. The third-order valence-electron chi connectivity index (χ3n) is 5.65. The lowest BCUT2D eigenvalue weighted by molar-refractivity contribution is 0.341. The summed E-state index contributed by atoms with van der Waals surface area (Å²) in [7, 11) is 2.14. The zero-order valence-corrected chi connectivity index (χ0v) is 17.1. The minimum absolute atomic E-state index is 0.918. The number of rotatable bonds is 3. The van der Waals surface area contributed by atoms with Crippen LogP contribution in [0.15, 0.2) is 48.8 Å². The van der Waals surface area contributed by atoms with Crippen LogP contribution in [0, 0.1) is 0 Å². The number of hydrogen-bond donors (Lipinski definition) is 0. The maximum absolute atomic E-state index is 4.84. The second-order valence-corrected chi connectivity index (χ2v) is 8.76. The van der Waals surface area contributed by atoms with Crippen LogP contribution in [-0.4, -0.2) is 54.6 Å². The average molecular weight is 392 g/mol. The highest BCUT2D eigenvalue weighted by atomic mass is 32.1. The molecule has 0 unspecified atom stereocenters. The number of thiazole rings is 1. The molecule has 3 aromatic rings. The van der Waals surface area contributed by atoms with Crippen LogP contribution in [0.4, 0.5) is 11.5 Å². The molecule has 0 spiro atoms. The lowest BCUT2D eigenvalue weighted by Crippen LogP contribution is -2.42. The molecule has 2 aliphatic heterocycles.